The quantitative estimate of drug-likeness (QED) is 0.429. The van der Waals surface area contributed by atoms with Crippen LogP contribution in [-0.4, -0.2) is 28.3 Å². The van der Waals surface area contributed by atoms with Crippen LogP contribution in [0.25, 0.3) is 0 Å². The molecule has 4 rings (SSSR count). The number of ether oxygens (including phenoxy) is 1. The summed E-state index contributed by atoms with van der Waals surface area (Å²) in [5.74, 6) is 0.583. The van der Waals surface area contributed by atoms with E-state index >= 15 is 0 Å². The van der Waals surface area contributed by atoms with Gasteiger partial charge in [0.1, 0.15) is 12.5 Å². The molecule has 2 aromatic carbocycles. The Kier molecular flexibility index (Phi) is 6.90. The van der Waals surface area contributed by atoms with Crippen molar-refractivity contribution in [2.45, 2.75) is 50.2 Å². The van der Waals surface area contributed by atoms with E-state index in [9.17, 15) is 22.4 Å². The van der Waals surface area contributed by atoms with E-state index in [1.165, 1.54) is 6.07 Å². The standard InChI is InChI=1S/C24H26F4N4O2/c1-15(18-9-16(12-25)10-20(11-18)24(26,27)28)34-14-23(19-5-3-2-4-6-19)8-7-17(13-29-23)21-30-22(33)32-31-21/h2-6,9-11,15,17,29H,7-8,12-14H2,1H3,(H2,30,31,32,33)/t15-,17?,23-/m1/s1. The third-order valence-corrected chi connectivity index (χ3v) is 6.38. The van der Waals surface area contributed by atoms with E-state index in [-0.39, 0.29) is 29.3 Å². The smallest absolute Gasteiger partial charge is 0.372 e. The maximum atomic E-state index is 13.3. The number of aromatic nitrogens is 3. The van der Waals surface area contributed by atoms with E-state index in [1.807, 2.05) is 30.3 Å². The molecule has 10 heteroatoms. The zero-order chi connectivity index (χ0) is 24.3. The number of H-pyrrole nitrogens is 2. The number of benzene rings is 2. The fraction of sp³-hybridized carbons (Fsp3) is 0.417. The van der Waals surface area contributed by atoms with Gasteiger partial charge in [0, 0.05) is 12.5 Å². The maximum Gasteiger partial charge on any atom is 0.416 e. The predicted octanol–water partition coefficient (Wildman–Crippen LogP) is 4.73. The molecule has 1 unspecified atom stereocenters. The predicted molar refractivity (Wildman–Crippen MR) is 118 cm³/mol. The molecule has 34 heavy (non-hydrogen) atoms. The zero-order valence-corrected chi connectivity index (χ0v) is 18.6. The second-order valence-corrected chi connectivity index (χ2v) is 8.68. The van der Waals surface area contributed by atoms with Crippen LogP contribution >= 0.6 is 0 Å². The summed E-state index contributed by atoms with van der Waals surface area (Å²) in [5, 5.41) is 9.94. The fourth-order valence-corrected chi connectivity index (χ4v) is 4.41. The molecular weight excluding hydrogens is 452 g/mol. The lowest BCUT2D eigenvalue weighted by Gasteiger charge is -2.41. The molecule has 1 aromatic heterocycles. The van der Waals surface area contributed by atoms with Crippen molar-refractivity contribution in [3.63, 3.8) is 0 Å². The van der Waals surface area contributed by atoms with Crippen LogP contribution < -0.4 is 11.0 Å². The zero-order valence-electron chi connectivity index (χ0n) is 18.6. The Hall–Kier alpha value is -2.98. The molecule has 0 aliphatic carbocycles. The number of halogens is 4. The molecule has 0 bridgehead atoms. The van der Waals surface area contributed by atoms with E-state index in [0.717, 1.165) is 24.1 Å². The van der Waals surface area contributed by atoms with Gasteiger partial charge in [0.2, 0.25) is 0 Å². The SMILES string of the molecule is C[C@@H](OC[C@@]1(c2ccccc2)CCC(c2n[nH]c(=O)[nH]2)CN1)c1cc(CF)cc(C(F)(F)F)c1. The Bertz CT molecular complexity index is 1150. The van der Waals surface area contributed by atoms with Gasteiger partial charge in [0.05, 0.1) is 23.8 Å². The topological polar surface area (TPSA) is 82.8 Å². The average Bonchev–Trinajstić information content (AvgIpc) is 3.28. The van der Waals surface area contributed by atoms with Crippen molar-refractivity contribution in [2.75, 3.05) is 13.2 Å². The number of aromatic amines is 2. The number of nitrogens with zero attached hydrogens (tertiary/aromatic N) is 1. The summed E-state index contributed by atoms with van der Waals surface area (Å²) in [7, 11) is 0. The average molecular weight is 478 g/mol. The number of hydrogen-bond donors (Lipinski definition) is 3. The van der Waals surface area contributed by atoms with Crippen LogP contribution in [0.3, 0.4) is 0 Å². The molecule has 1 fully saturated rings. The minimum Gasteiger partial charge on any atom is -0.372 e. The van der Waals surface area contributed by atoms with Gasteiger partial charge in [-0.1, -0.05) is 36.4 Å². The van der Waals surface area contributed by atoms with Gasteiger partial charge in [-0.15, -0.1) is 0 Å². The summed E-state index contributed by atoms with van der Waals surface area (Å²) in [6.07, 6.45) is -3.88. The lowest BCUT2D eigenvalue weighted by Crippen LogP contribution is -2.51. The van der Waals surface area contributed by atoms with Crippen LogP contribution in [0.5, 0.6) is 0 Å². The van der Waals surface area contributed by atoms with Crippen molar-refractivity contribution in [1.82, 2.24) is 20.5 Å². The van der Waals surface area contributed by atoms with E-state index in [4.69, 9.17) is 4.74 Å². The first-order chi connectivity index (χ1) is 16.2. The summed E-state index contributed by atoms with van der Waals surface area (Å²) in [5.41, 5.74) is -0.603. The molecule has 1 aliphatic heterocycles. The van der Waals surface area contributed by atoms with Gasteiger partial charge in [-0.3, -0.25) is 4.98 Å². The Labute approximate surface area is 193 Å². The van der Waals surface area contributed by atoms with Crippen LogP contribution in [0, 0.1) is 0 Å². The van der Waals surface area contributed by atoms with Crippen molar-refractivity contribution in [3.05, 3.63) is 87.1 Å². The van der Waals surface area contributed by atoms with Crippen LogP contribution in [-0.2, 0) is 23.1 Å². The normalized spacial score (nSPS) is 22.0. The molecule has 3 N–H and O–H groups in total. The molecular formula is C24H26F4N4O2. The van der Waals surface area contributed by atoms with E-state index in [2.05, 4.69) is 20.5 Å². The number of piperidine rings is 1. The number of nitrogens with one attached hydrogen (secondary N) is 3. The second-order valence-electron chi connectivity index (χ2n) is 8.68. The highest BCUT2D eigenvalue weighted by atomic mass is 19.4. The number of alkyl halides is 4. The lowest BCUT2D eigenvalue weighted by atomic mass is 9.79. The maximum absolute atomic E-state index is 13.3. The Morgan fingerprint density at radius 2 is 1.97 bits per heavy atom. The summed E-state index contributed by atoms with van der Waals surface area (Å²) in [6, 6.07) is 12.9. The Morgan fingerprint density at radius 3 is 2.56 bits per heavy atom. The summed E-state index contributed by atoms with van der Waals surface area (Å²) in [6.45, 7) is 1.40. The van der Waals surface area contributed by atoms with Crippen LogP contribution in [0.1, 0.15) is 59.9 Å². The van der Waals surface area contributed by atoms with Gasteiger partial charge in [0.15, 0.2) is 0 Å². The minimum absolute atomic E-state index is 0.00351. The second kappa shape index (κ2) is 9.71. The van der Waals surface area contributed by atoms with Crippen LogP contribution in [0.4, 0.5) is 17.6 Å². The lowest BCUT2D eigenvalue weighted by molar-refractivity contribution is -0.137. The molecule has 0 saturated carbocycles. The highest BCUT2D eigenvalue weighted by Crippen LogP contribution is 2.37. The molecule has 6 nitrogen and oxygen atoms in total. The van der Waals surface area contributed by atoms with Gasteiger partial charge in [0.25, 0.3) is 0 Å². The third kappa shape index (κ3) is 5.23. The van der Waals surface area contributed by atoms with Gasteiger partial charge in [-0.05, 0) is 48.6 Å². The van der Waals surface area contributed by atoms with E-state index in [1.54, 1.807) is 6.92 Å². The number of hydrogen-bond acceptors (Lipinski definition) is 4. The Morgan fingerprint density at radius 1 is 1.21 bits per heavy atom. The van der Waals surface area contributed by atoms with Crippen molar-refractivity contribution >= 4 is 0 Å². The van der Waals surface area contributed by atoms with E-state index in [0.29, 0.717) is 18.8 Å². The van der Waals surface area contributed by atoms with Crippen molar-refractivity contribution in [2.24, 2.45) is 0 Å². The minimum atomic E-state index is -4.57. The summed E-state index contributed by atoms with van der Waals surface area (Å²) >= 11 is 0. The molecule has 3 atom stereocenters. The molecule has 0 radical (unpaired) electrons. The molecule has 0 amide bonds. The summed E-state index contributed by atoms with van der Waals surface area (Å²) < 4.78 is 59.2. The molecule has 1 saturated heterocycles. The van der Waals surface area contributed by atoms with Crippen LogP contribution in [0.15, 0.2) is 53.3 Å². The highest BCUT2D eigenvalue weighted by molar-refractivity contribution is 5.33. The van der Waals surface area contributed by atoms with Gasteiger partial charge in [-0.25, -0.2) is 14.3 Å². The van der Waals surface area contributed by atoms with E-state index < -0.39 is 30.1 Å². The Balaban J connectivity index is 1.54. The molecule has 182 valence electrons. The summed E-state index contributed by atoms with van der Waals surface area (Å²) in [4.78, 5) is 14.1. The fourth-order valence-electron chi connectivity index (χ4n) is 4.41. The van der Waals surface area contributed by atoms with Crippen molar-refractivity contribution in [3.8, 4) is 0 Å². The molecule has 3 aromatic rings. The third-order valence-electron chi connectivity index (χ3n) is 6.38. The van der Waals surface area contributed by atoms with Gasteiger partial charge < -0.3 is 10.1 Å². The van der Waals surface area contributed by atoms with Gasteiger partial charge >= 0.3 is 11.9 Å². The largest absolute Gasteiger partial charge is 0.416 e. The molecule has 0 spiro atoms. The first-order valence-electron chi connectivity index (χ1n) is 11.0. The van der Waals surface area contributed by atoms with Gasteiger partial charge in [-0.2, -0.15) is 18.3 Å². The van der Waals surface area contributed by atoms with Crippen LogP contribution in [0.2, 0.25) is 0 Å². The van der Waals surface area contributed by atoms with Crippen molar-refractivity contribution < 1.29 is 22.3 Å². The first-order valence-corrected chi connectivity index (χ1v) is 11.0. The van der Waals surface area contributed by atoms with Crippen molar-refractivity contribution in [1.29, 1.82) is 0 Å². The first kappa shape index (κ1) is 24.2. The molecule has 2 heterocycles. The molecule has 1 aliphatic rings. The number of rotatable bonds is 7. The highest BCUT2D eigenvalue weighted by Gasteiger charge is 2.39. The monoisotopic (exact) mass is 478 g/mol.